The summed E-state index contributed by atoms with van der Waals surface area (Å²) < 4.78 is 18.4. The Balaban J connectivity index is 2.74. The molecule has 0 aliphatic rings. The number of amides is 1. The zero-order valence-electron chi connectivity index (χ0n) is 10.9. The van der Waals surface area contributed by atoms with Crippen LogP contribution in [0.2, 0.25) is 0 Å². The third kappa shape index (κ3) is 4.00. The molecule has 0 aromatic heterocycles. The molecule has 1 aromatic carbocycles. The van der Waals surface area contributed by atoms with Crippen molar-refractivity contribution in [1.82, 2.24) is 0 Å². The Kier molecular flexibility index (Phi) is 5.09. The summed E-state index contributed by atoms with van der Waals surface area (Å²) in [4.78, 5) is 11.8. The molecule has 0 saturated carbocycles. The highest BCUT2D eigenvalue weighted by molar-refractivity contribution is 5.94. The highest BCUT2D eigenvalue weighted by Gasteiger charge is 2.16. The van der Waals surface area contributed by atoms with Crippen molar-refractivity contribution in [3.05, 3.63) is 24.0 Å². The van der Waals surface area contributed by atoms with E-state index in [0.717, 1.165) is 0 Å². The molecule has 100 valence electrons. The molecular formula is C13H19FN2O2. The molecule has 4 nitrogen and oxygen atoms in total. The van der Waals surface area contributed by atoms with E-state index in [1.165, 1.54) is 25.3 Å². The molecule has 0 radical (unpaired) electrons. The van der Waals surface area contributed by atoms with Gasteiger partial charge in [0.25, 0.3) is 0 Å². The molecule has 3 N–H and O–H groups in total. The molecule has 1 rings (SSSR count). The van der Waals surface area contributed by atoms with E-state index in [2.05, 4.69) is 5.32 Å². The van der Waals surface area contributed by atoms with Crippen molar-refractivity contribution in [1.29, 1.82) is 0 Å². The van der Waals surface area contributed by atoms with Gasteiger partial charge in [0, 0.05) is 6.07 Å². The second-order valence-electron chi connectivity index (χ2n) is 4.57. The molecular weight excluding hydrogens is 235 g/mol. The molecule has 0 aliphatic carbocycles. The monoisotopic (exact) mass is 254 g/mol. The standard InChI is InChI=1S/C13H19FN2O2/c1-8(2)6-11(15)13(17)16-12-7-9(18-3)4-5-10(12)14/h4-5,7-8,11H,6,15H2,1-3H3,(H,16,17)/t11-/m0/s1. The minimum Gasteiger partial charge on any atom is -0.497 e. The molecule has 0 fully saturated rings. The number of anilines is 1. The van der Waals surface area contributed by atoms with E-state index < -0.39 is 17.8 Å². The molecule has 1 aromatic rings. The Morgan fingerprint density at radius 2 is 2.17 bits per heavy atom. The van der Waals surface area contributed by atoms with Gasteiger partial charge in [-0.25, -0.2) is 4.39 Å². The average Bonchev–Trinajstić information content (AvgIpc) is 2.31. The van der Waals surface area contributed by atoms with Crippen LogP contribution in [-0.2, 0) is 4.79 Å². The Hall–Kier alpha value is -1.62. The fourth-order valence-corrected chi connectivity index (χ4v) is 1.57. The van der Waals surface area contributed by atoms with Crippen LogP contribution in [0.4, 0.5) is 10.1 Å². The largest absolute Gasteiger partial charge is 0.497 e. The van der Waals surface area contributed by atoms with Gasteiger partial charge in [0.2, 0.25) is 5.91 Å². The molecule has 0 saturated heterocycles. The second-order valence-corrected chi connectivity index (χ2v) is 4.57. The predicted molar refractivity (Wildman–Crippen MR) is 69.0 cm³/mol. The van der Waals surface area contributed by atoms with Crippen LogP contribution >= 0.6 is 0 Å². The lowest BCUT2D eigenvalue weighted by Gasteiger charge is -2.15. The van der Waals surface area contributed by atoms with E-state index in [9.17, 15) is 9.18 Å². The maximum atomic E-state index is 13.5. The van der Waals surface area contributed by atoms with Gasteiger partial charge in [0.05, 0.1) is 18.8 Å². The number of halogens is 1. The first kappa shape index (κ1) is 14.4. The molecule has 0 aliphatic heterocycles. The Morgan fingerprint density at radius 1 is 1.50 bits per heavy atom. The van der Waals surface area contributed by atoms with Gasteiger partial charge in [-0.15, -0.1) is 0 Å². The van der Waals surface area contributed by atoms with E-state index in [0.29, 0.717) is 18.1 Å². The molecule has 0 spiro atoms. The maximum absolute atomic E-state index is 13.5. The van der Waals surface area contributed by atoms with E-state index in [-0.39, 0.29) is 5.69 Å². The lowest BCUT2D eigenvalue weighted by Crippen LogP contribution is -2.36. The van der Waals surface area contributed by atoms with Crippen molar-refractivity contribution in [2.45, 2.75) is 26.3 Å². The molecule has 5 heteroatoms. The molecule has 1 atom stereocenters. The van der Waals surface area contributed by atoms with Crippen molar-refractivity contribution in [2.75, 3.05) is 12.4 Å². The van der Waals surface area contributed by atoms with Crippen LogP contribution < -0.4 is 15.8 Å². The molecule has 0 heterocycles. The SMILES string of the molecule is COc1ccc(F)c(NC(=O)[C@@H](N)CC(C)C)c1. The molecule has 18 heavy (non-hydrogen) atoms. The van der Waals surface area contributed by atoms with Crippen LogP contribution in [-0.4, -0.2) is 19.1 Å². The van der Waals surface area contributed by atoms with Gasteiger partial charge in [0.15, 0.2) is 0 Å². The van der Waals surface area contributed by atoms with Gasteiger partial charge in [0.1, 0.15) is 11.6 Å². The first-order valence-corrected chi connectivity index (χ1v) is 5.84. The molecule has 0 bridgehead atoms. The van der Waals surface area contributed by atoms with Gasteiger partial charge in [-0.1, -0.05) is 13.8 Å². The average molecular weight is 254 g/mol. The van der Waals surface area contributed by atoms with Crippen LogP contribution in [0.25, 0.3) is 0 Å². The smallest absolute Gasteiger partial charge is 0.241 e. The first-order valence-electron chi connectivity index (χ1n) is 5.84. The third-order valence-corrected chi connectivity index (χ3v) is 2.49. The van der Waals surface area contributed by atoms with E-state index in [1.54, 1.807) is 0 Å². The van der Waals surface area contributed by atoms with Crippen LogP contribution in [0, 0.1) is 11.7 Å². The van der Waals surface area contributed by atoms with Crippen molar-refractivity contribution in [2.24, 2.45) is 11.7 Å². The fraction of sp³-hybridized carbons (Fsp3) is 0.462. The highest BCUT2D eigenvalue weighted by Crippen LogP contribution is 2.21. The molecule has 1 amide bonds. The zero-order chi connectivity index (χ0) is 13.7. The Morgan fingerprint density at radius 3 is 2.72 bits per heavy atom. The number of benzene rings is 1. The van der Waals surface area contributed by atoms with E-state index >= 15 is 0 Å². The van der Waals surface area contributed by atoms with Crippen molar-refractivity contribution in [3.8, 4) is 5.75 Å². The topological polar surface area (TPSA) is 64.3 Å². The first-order chi connectivity index (χ1) is 8.43. The van der Waals surface area contributed by atoms with Gasteiger partial charge < -0.3 is 15.8 Å². The Bertz CT molecular complexity index is 421. The van der Waals surface area contributed by atoms with Crippen LogP contribution in [0.15, 0.2) is 18.2 Å². The third-order valence-electron chi connectivity index (χ3n) is 2.49. The zero-order valence-corrected chi connectivity index (χ0v) is 10.9. The number of methoxy groups -OCH3 is 1. The lowest BCUT2D eigenvalue weighted by molar-refractivity contribution is -0.117. The van der Waals surface area contributed by atoms with E-state index in [4.69, 9.17) is 10.5 Å². The minimum absolute atomic E-state index is 0.0820. The molecule has 0 unspecified atom stereocenters. The Labute approximate surface area is 106 Å². The number of rotatable bonds is 5. The summed E-state index contributed by atoms with van der Waals surface area (Å²) in [7, 11) is 1.48. The quantitative estimate of drug-likeness (QED) is 0.846. The summed E-state index contributed by atoms with van der Waals surface area (Å²) in [6.07, 6.45) is 0.553. The van der Waals surface area contributed by atoms with Crippen LogP contribution in [0.3, 0.4) is 0 Å². The van der Waals surface area contributed by atoms with Gasteiger partial charge >= 0.3 is 0 Å². The number of hydrogen-bond donors (Lipinski definition) is 2. The number of hydrogen-bond acceptors (Lipinski definition) is 3. The summed E-state index contributed by atoms with van der Waals surface area (Å²) in [6.45, 7) is 3.94. The van der Waals surface area contributed by atoms with Crippen molar-refractivity contribution < 1.29 is 13.9 Å². The maximum Gasteiger partial charge on any atom is 0.241 e. The number of carbonyl (C=O) groups excluding carboxylic acids is 1. The number of nitrogens with one attached hydrogen (secondary N) is 1. The minimum atomic E-state index is -0.643. The summed E-state index contributed by atoms with van der Waals surface area (Å²) in [5.41, 5.74) is 5.80. The van der Waals surface area contributed by atoms with Crippen molar-refractivity contribution >= 4 is 11.6 Å². The summed E-state index contributed by atoms with van der Waals surface area (Å²) in [6, 6.07) is 3.51. The number of nitrogens with two attached hydrogens (primary N) is 1. The van der Waals surface area contributed by atoms with Gasteiger partial charge in [-0.2, -0.15) is 0 Å². The summed E-state index contributed by atoms with van der Waals surface area (Å²) >= 11 is 0. The predicted octanol–water partition coefficient (Wildman–Crippen LogP) is 2.15. The van der Waals surface area contributed by atoms with Crippen LogP contribution in [0.5, 0.6) is 5.75 Å². The normalized spacial score (nSPS) is 12.3. The number of ether oxygens (including phenoxy) is 1. The fourth-order valence-electron chi connectivity index (χ4n) is 1.57. The second kappa shape index (κ2) is 6.35. The summed E-state index contributed by atoms with van der Waals surface area (Å²) in [5.74, 6) is -0.123. The van der Waals surface area contributed by atoms with E-state index in [1.807, 2.05) is 13.8 Å². The highest BCUT2D eigenvalue weighted by atomic mass is 19.1. The van der Waals surface area contributed by atoms with Crippen LogP contribution in [0.1, 0.15) is 20.3 Å². The van der Waals surface area contributed by atoms with Gasteiger partial charge in [-0.05, 0) is 24.5 Å². The lowest BCUT2D eigenvalue weighted by atomic mass is 10.0. The van der Waals surface area contributed by atoms with Gasteiger partial charge in [-0.3, -0.25) is 4.79 Å². The number of carbonyl (C=O) groups is 1. The summed E-state index contributed by atoms with van der Waals surface area (Å²) in [5, 5.41) is 2.47. The van der Waals surface area contributed by atoms with Crippen molar-refractivity contribution in [3.63, 3.8) is 0 Å².